The number of rotatable bonds is 6. The van der Waals surface area contributed by atoms with Gasteiger partial charge in [-0.15, -0.1) is 5.10 Å². The van der Waals surface area contributed by atoms with Crippen molar-refractivity contribution < 1.29 is 17.6 Å². The molecule has 0 unspecified atom stereocenters. The lowest BCUT2D eigenvalue weighted by Crippen LogP contribution is -2.30. The van der Waals surface area contributed by atoms with Crippen molar-refractivity contribution in [3.8, 4) is 5.69 Å². The largest absolute Gasteiger partial charge is 0.322 e. The van der Waals surface area contributed by atoms with E-state index in [1.165, 1.54) is 47.1 Å². The second-order valence-corrected chi connectivity index (χ2v) is 8.28. The predicted molar refractivity (Wildman–Crippen MR) is 104 cm³/mol. The molecule has 2 aromatic carbocycles. The summed E-state index contributed by atoms with van der Waals surface area (Å²) in [6, 6.07) is 9.30. The van der Waals surface area contributed by atoms with Gasteiger partial charge in [-0.3, -0.25) is 4.79 Å². The highest BCUT2D eigenvalue weighted by molar-refractivity contribution is 7.89. The smallest absolute Gasteiger partial charge is 0.255 e. The van der Waals surface area contributed by atoms with Crippen LogP contribution in [0.15, 0.2) is 47.4 Å². The fraction of sp³-hybridized carbons (Fsp3) is 0.222. The first-order valence-electron chi connectivity index (χ1n) is 8.66. The number of carbonyl (C=O) groups excluding carboxylic acids is 1. The fourth-order valence-corrected chi connectivity index (χ4v) is 3.89. The predicted octanol–water partition coefficient (Wildman–Crippen LogP) is 2.05. The number of amides is 1. The number of nitrogens with zero attached hydrogens (tertiary/aromatic N) is 4. The van der Waals surface area contributed by atoms with Crippen molar-refractivity contribution in [2.75, 3.05) is 5.32 Å². The first-order valence-corrected chi connectivity index (χ1v) is 10.1. The summed E-state index contributed by atoms with van der Waals surface area (Å²) in [5.74, 6) is -0.730. The Morgan fingerprint density at radius 2 is 1.93 bits per heavy atom. The minimum Gasteiger partial charge on any atom is -0.322 e. The molecule has 0 aliphatic rings. The quantitative estimate of drug-likeness (QED) is 0.632. The molecule has 0 fully saturated rings. The van der Waals surface area contributed by atoms with E-state index in [2.05, 4.69) is 25.6 Å². The van der Waals surface area contributed by atoms with Crippen molar-refractivity contribution in [1.29, 1.82) is 0 Å². The average molecular weight is 418 g/mol. The van der Waals surface area contributed by atoms with Gasteiger partial charge in [-0.05, 0) is 67.6 Å². The lowest BCUT2D eigenvalue weighted by atomic mass is 10.2. The molecular formula is C18H19FN6O3S. The average Bonchev–Trinajstić information content (AvgIpc) is 3.08. The summed E-state index contributed by atoms with van der Waals surface area (Å²) >= 11 is 0. The van der Waals surface area contributed by atoms with Gasteiger partial charge in [0.05, 0.1) is 4.90 Å². The SMILES string of the molecule is Cc1nnnn1-c1cc(NC(=O)c2cccc(S(=O)(=O)NC(C)C)c2)ccc1F. The third kappa shape index (κ3) is 4.63. The minimum atomic E-state index is -3.74. The highest BCUT2D eigenvalue weighted by atomic mass is 32.2. The van der Waals surface area contributed by atoms with E-state index in [1.54, 1.807) is 20.8 Å². The maximum Gasteiger partial charge on any atom is 0.255 e. The molecule has 3 rings (SSSR count). The van der Waals surface area contributed by atoms with Crippen LogP contribution in [0, 0.1) is 12.7 Å². The van der Waals surface area contributed by atoms with Gasteiger partial charge < -0.3 is 5.32 Å². The molecule has 1 aromatic heterocycles. The number of hydrogen-bond acceptors (Lipinski definition) is 6. The lowest BCUT2D eigenvalue weighted by molar-refractivity contribution is 0.102. The summed E-state index contributed by atoms with van der Waals surface area (Å²) in [6.07, 6.45) is 0. The van der Waals surface area contributed by atoms with E-state index in [0.717, 1.165) is 0 Å². The zero-order chi connectivity index (χ0) is 21.2. The molecule has 1 heterocycles. The molecule has 9 nitrogen and oxygen atoms in total. The van der Waals surface area contributed by atoms with Crippen molar-refractivity contribution in [3.05, 3.63) is 59.7 Å². The number of carbonyl (C=O) groups is 1. The molecule has 0 aliphatic carbocycles. The van der Waals surface area contributed by atoms with Crippen molar-refractivity contribution >= 4 is 21.6 Å². The van der Waals surface area contributed by atoms with Crippen LogP contribution in [0.1, 0.15) is 30.0 Å². The number of nitrogens with one attached hydrogen (secondary N) is 2. The summed E-state index contributed by atoms with van der Waals surface area (Å²) in [7, 11) is -3.74. The van der Waals surface area contributed by atoms with Gasteiger partial charge in [0.25, 0.3) is 5.91 Å². The van der Waals surface area contributed by atoms with E-state index in [9.17, 15) is 17.6 Å². The third-order valence-corrected chi connectivity index (χ3v) is 5.51. The van der Waals surface area contributed by atoms with Crippen molar-refractivity contribution in [1.82, 2.24) is 24.9 Å². The zero-order valence-electron chi connectivity index (χ0n) is 15.9. The van der Waals surface area contributed by atoms with Crippen molar-refractivity contribution in [2.24, 2.45) is 0 Å². The van der Waals surface area contributed by atoms with Crippen LogP contribution in [-0.2, 0) is 10.0 Å². The number of aryl methyl sites for hydroxylation is 1. The van der Waals surface area contributed by atoms with Gasteiger partial charge in [-0.1, -0.05) is 6.07 Å². The van der Waals surface area contributed by atoms with Gasteiger partial charge in [0.1, 0.15) is 11.5 Å². The molecule has 0 atom stereocenters. The maximum atomic E-state index is 14.2. The van der Waals surface area contributed by atoms with Crippen LogP contribution in [0.5, 0.6) is 0 Å². The van der Waals surface area contributed by atoms with Crippen LogP contribution >= 0.6 is 0 Å². The molecule has 0 saturated carbocycles. The van der Waals surface area contributed by atoms with Crippen LogP contribution in [0.2, 0.25) is 0 Å². The van der Waals surface area contributed by atoms with Gasteiger partial charge >= 0.3 is 0 Å². The molecule has 1 amide bonds. The molecule has 0 spiro atoms. The topological polar surface area (TPSA) is 119 Å². The minimum absolute atomic E-state index is 0.0250. The number of halogens is 1. The first kappa shape index (κ1) is 20.6. The second-order valence-electron chi connectivity index (χ2n) is 6.56. The molecule has 29 heavy (non-hydrogen) atoms. The van der Waals surface area contributed by atoms with E-state index in [4.69, 9.17) is 0 Å². The zero-order valence-corrected chi connectivity index (χ0v) is 16.7. The molecule has 152 valence electrons. The number of sulfonamides is 1. The molecule has 11 heteroatoms. The van der Waals surface area contributed by atoms with Crippen molar-refractivity contribution in [2.45, 2.75) is 31.7 Å². The highest BCUT2D eigenvalue weighted by Crippen LogP contribution is 2.20. The normalized spacial score (nSPS) is 11.6. The Balaban J connectivity index is 1.86. The Morgan fingerprint density at radius 3 is 2.59 bits per heavy atom. The van der Waals surface area contributed by atoms with E-state index >= 15 is 0 Å². The van der Waals surface area contributed by atoms with Crippen LogP contribution in [-0.4, -0.2) is 40.6 Å². The summed E-state index contributed by atoms with van der Waals surface area (Å²) in [6.45, 7) is 5.01. The Bertz CT molecular complexity index is 1160. The van der Waals surface area contributed by atoms with Gasteiger partial charge in [0, 0.05) is 17.3 Å². The summed E-state index contributed by atoms with van der Waals surface area (Å²) in [5, 5.41) is 13.5. The lowest BCUT2D eigenvalue weighted by Gasteiger charge is -2.11. The Kier molecular flexibility index (Phi) is 5.71. The van der Waals surface area contributed by atoms with Crippen LogP contribution in [0.4, 0.5) is 10.1 Å². The number of benzene rings is 2. The fourth-order valence-electron chi connectivity index (χ4n) is 2.59. The highest BCUT2D eigenvalue weighted by Gasteiger charge is 2.18. The van der Waals surface area contributed by atoms with E-state index < -0.39 is 21.7 Å². The van der Waals surface area contributed by atoms with E-state index in [-0.39, 0.29) is 22.2 Å². The second kappa shape index (κ2) is 8.05. The Labute approximate surface area is 167 Å². The molecule has 0 aliphatic heterocycles. The number of anilines is 1. The van der Waals surface area contributed by atoms with Gasteiger partial charge in [0.2, 0.25) is 10.0 Å². The van der Waals surface area contributed by atoms with Crippen LogP contribution < -0.4 is 10.0 Å². The Morgan fingerprint density at radius 1 is 1.17 bits per heavy atom. The molecule has 0 radical (unpaired) electrons. The number of hydrogen-bond donors (Lipinski definition) is 2. The molecule has 0 saturated heterocycles. The standard InChI is InChI=1S/C18H19FN6O3S/c1-11(2)22-29(27,28)15-6-4-5-13(9-15)18(26)20-14-7-8-16(19)17(10-14)25-12(3)21-23-24-25/h4-11,22H,1-3H3,(H,20,26). The monoisotopic (exact) mass is 418 g/mol. The number of tetrazole rings is 1. The third-order valence-electron chi connectivity index (χ3n) is 3.85. The first-order chi connectivity index (χ1) is 13.7. The van der Waals surface area contributed by atoms with Gasteiger partial charge in [-0.2, -0.15) is 4.68 Å². The molecule has 0 bridgehead atoms. The molecule has 2 N–H and O–H groups in total. The summed E-state index contributed by atoms with van der Waals surface area (Å²) in [4.78, 5) is 12.6. The summed E-state index contributed by atoms with van der Waals surface area (Å²) in [5.41, 5.74) is 0.513. The molecular weight excluding hydrogens is 399 g/mol. The van der Waals surface area contributed by atoms with Crippen LogP contribution in [0.25, 0.3) is 5.69 Å². The van der Waals surface area contributed by atoms with Gasteiger partial charge in [0.15, 0.2) is 5.82 Å². The van der Waals surface area contributed by atoms with E-state index in [0.29, 0.717) is 11.5 Å². The number of aromatic nitrogens is 4. The van der Waals surface area contributed by atoms with E-state index in [1.807, 2.05) is 0 Å². The maximum absolute atomic E-state index is 14.2. The summed E-state index contributed by atoms with van der Waals surface area (Å²) < 4.78 is 42.5. The van der Waals surface area contributed by atoms with Crippen molar-refractivity contribution in [3.63, 3.8) is 0 Å². The van der Waals surface area contributed by atoms with Crippen LogP contribution in [0.3, 0.4) is 0 Å². The Hall–Kier alpha value is -3.18. The molecule has 3 aromatic rings. The van der Waals surface area contributed by atoms with Gasteiger partial charge in [-0.25, -0.2) is 17.5 Å².